The van der Waals surface area contributed by atoms with Crippen LogP contribution in [0.3, 0.4) is 0 Å². The van der Waals surface area contributed by atoms with Crippen molar-refractivity contribution in [3.63, 3.8) is 0 Å². The molecular weight excluding hydrogens is 392 g/mol. The van der Waals surface area contributed by atoms with E-state index in [0.29, 0.717) is 36.2 Å². The maximum absolute atomic E-state index is 13.2. The van der Waals surface area contributed by atoms with Gasteiger partial charge < -0.3 is 19.9 Å². The van der Waals surface area contributed by atoms with Gasteiger partial charge in [0.15, 0.2) is 15.3 Å². The number of fused-ring (bicyclic) bond motifs is 1. The molecule has 1 unspecified atom stereocenters. The highest BCUT2D eigenvalue weighted by Crippen LogP contribution is 2.29. The fourth-order valence-corrected chi connectivity index (χ4v) is 4.43. The standard InChI is InChI=1S/C19H20N6O3S/c1-28-15-5-2-6-16(10-15)29(26,27)25-9-8-21-17-12-22-19(24-18(17)13-25)23-14-4-3-7-20-11-14/h2-7,10-12,21H,8-9,13H2,1H3,(H-,22,23,24,26,27). The van der Waals surface area contributed by atoms with Gasteiger partial charge in [0.2, 0.25) is 5.95 Å². The van der Waals surface area contributed by atoms with Gasteiger partial charge >= 0.3 is 0 Å². The van der Waals surface area contributed by atoms with Crippen molar-refractivity contribution in [2.45, 2.75) is 11.4 Å². The number of aromatic nitrogens is 3. The number of sulfonamides is 1. The first-order chi connectivity index (χ1) is 14.1. The SMILES string of the molecule is COc1cccc([S+](=O)([O-])N2CCNc3cnc(Nc4cccnc4)nc3C2)c1. The molecule has 0 radical (unpaired) electrons. The third-order valence-corrected chi connectivity index (χ3v) is 6.31. The van der Waals surface area contributed by atoms with Crippen LogP contribution in [0.15, 0.2) is 59.9 Å². The first kappa shape index (κ1) is 19.2. The number of anilines is 3. The van der Waals surface area contributed by atoms with Gasteiger partial charge in [-0.05, 0) is 24.3 Å². The van der Waals surface area contributed by atoms with Crippen LogP contribution in [0.5, 0.6) is 5.75 Å². The molecule has 3 heterocycles. The molecule has 2 aromatic heterocycles. The zero-order valence-electron chi connectivity index (χ0n) is 15.7. The molecule has 4 rings (SSSR count). The molecule has 29 heavy (non-hydrogen) atoms. The molecule has 1 atom stereocenters. The van der Waals surface area contributed by atoms with Crippen molar-refractivity contribution < 1.29 is 13.5 Å². The van der Waals surface area contributed by atoms with Crippen molar-refractivity contribution in [2.24, 2.45) is 0 Å². The van der Waals surface area contributed by atoms with E-state index in [-0.39, 0.29) is 11.4 Å². The largest absolute Gasteiger partial charge is 0.593 e. The number of nitrogens with one attached hydrogen (secondary N) is 2. The molecule has 0 bridgehead atoms. The second-order valence-corrected chi connectivity index (χ2v) is 8.30. The summed E-state index contributed by atoms with van der Waals surface area (Å²) in [6.45, 7) is 0.891. The summed E-state index contributed by atoms with van der Waals surface area (Å²) in [6, 6.07) is 10.1. The number of benzene rings is 1. The number of hydrogen-bond donors (Lipinski definition) is 2. The Hall–Kier alpha value is -3.08. The van der Waals surface area contributed by atoms with Crippen molar-refractivity contribution in [3.05, 3.63) is 60.7 Å². The molecule has 10 heteroatoms. The second kappa shape index (κ2) is 8.11. The minimum atomic E-state index is -3.71. The third-order valence-electron chi connectivity index (χ3n) is 4.47. The van der Waals surface area contributed by atoms with Gasteiger partial charge in [-0.25, -0.2) is 9.97 Å². The molecule has 0 saturated carbocycles. The zero-order valence-corrected chi connectivity index (χ0v) is 16.6. The molecule has 0 spiro atoms. The lowest BCUT2D eigenvalue weighted by atomic mass is 10.3. The van der Waals surface area contributed by atoms with Gasteiger partial charge in [0, 0.05) is 18.8 Å². The molecule has 150 valence electrons. The summed E-state index contributed by atoms with van der Waals surface area (Å²) in [5.41, 5.74) is 2.05. The van der Waals surface area contributed by atoms with Crippen LogP contribution in [0.25, 0.3) is 0 Å². The van der Waals surface area contributed by atoms with Crippen LogP contribution in [0.4, 0.5) is 17.3 Å². The second-order valence-electron chi connectivity index (χ2n) is 6.37. The van der Waals surface area contributed by atoms with Gasteiger partial charge in [-0.3, -0.25) is 4.98 Å². The average molecular weight is 412 g/mol. The van der Waals surface area contributed by atoms with Crippen molar-refractivity contribution >= 4 is 27.7 Å². The third kappa shape index (κ3) is 4.19. The molecule has 1 aliphatic rings. The Morgan fingerprint density at radius 1 is 1.28 bits per heavy atom. The lowest BCUT2D eigenvalue weighted by Gasteiger charge is -2.25. The molecule has 0 saturated heterocycles. The molecule has 0 amide bonds. The first-order valence-corrected chi connectivity index (χ1v) is 10.4. The van der Waals surface area contributed by atoms with E-state index in [9.17, 15) is 8.76 Å². The molecule has 2 N–H and O–H groups in total. The summed E-state index contributed by atoms with van der Waals surface area (Å²) in [4.78, 5) is 13.0. The van der Waals surface area contributed by atoms with Crippen LogP contribution in [0.1, 0.15) is 5.69 Å². The minimum Gasteiger partial charge on any atom is -0.593 e. The normalized spacial score (nSPS) is 16.1. The number of nitrogens with zero attached hydrogens (tertiary/aromatic N) is 4. The Morgan fingerprint density at radius 3 is 2.97 bits per heavy atom. The van der Waals surface area contributed by atoms with E-state index in [4.69, 9.17) is 4.74 Å². The predicted molar refractivity (Wildman–Crippen MR) is 109 cm³/mol. The van der Waals surface area contributed by atoms with Crippen LogP contribution in [-0.4, -0.2) is 44.0 Å². The Bertz CT molecular complexity index is 1050. The summed E-state index contributed by atoms with van der Waals surface area (Å²) in [6.07, 6.45) is 4.99. The van der Waals surface area contributed by atoms with E-state index in [0.717, 1.165) is 5.69 Å². The van der Waals surface area contributed by atoms with Crippen LogP contribution in [0.2, 0.25) is 0 Å². The van der Waals surface area contributed by atoms with Crippen LogP contribution in [0, 0.1) is 0 Å². The first-order valence-electron chi connectivity index (χ1n) is 8.97. The van der Waals surface area contributed by atoms with Gasteiger partial charge in [-0.15, -0.1) is 4.31 Å². The Morgan fingerprint density at radius 2 is 2.17 bits per heavy atom. The number of ether oxygens (including phenoxy) is 1. The fourth-order valence-electron chi connectivity index (χ4n) is 2.99. The fraction of sp³-hybridized carbons (Fsp3) is 0.211. The number of hydrogen-bond acceptors (Lipinski definition) is 8. The summed E-state index contributed by atoms with van der Waals surface area (Å²) in [5.74, 6) is 0.865. The Kier molecular flexibility index (Phi) is 5.38. The van der Waals surface area contributed by atoms with Crippen LogP contribution in [-0.2, 0) is 21.2 Å². The number of methoxy groups -OCH3 is 1. The van der Waals surface area contributed by atoms with Crippen molar-refractivity contribution in [3.8, 4) is 5.75 Å². The number of pyridine rings is 1. The molecule has 0 aliphatic carbocycles. The maximum atomic E-state index is 13.2. The summed E-state index contributed by atoms with van der Waals surface area (Å²) in [7, 11) is -2.20. The van der Waals surface area contributed by atoms with Gasteiger partial charge in [0.1, 0.15) is 5.75 Å². The summed E-state index contributed by atoms with van der Waals surface area (Å²) >= 11 is 0. The highest BCUT2D eigenvalue weighted by molar-refractivity contribution is 7.95. The van der Waals surface area contributed by atoms with Gasteiger partial charge in [0.05, 0.1) is 49.7 Å². The van der Waals surface area contributed by atoms with E-state index in [1.54, 1.807) is 42.9 Å². The van der Waals surface area contributed by atoms with E-state index in [1.807, 2.05) is 6.07 Å². The van der Waals surface area contributed by atoms with E-state index < -0.39 is 10.4 Å². The molecule has 0 fully saturated rings. The van der Waals surface area contributed by atoms with Crippen molar-refractivity contribution in [2.75, 3.05) is 30.8 Å². The monoisotopic (exact) mass is 412 g/mol. The lowest BCUT2D eigenvalue weighted by Crippen LogP contribution is -2.37. The smallest absolute Gasteiger partial charge is 0.227 e. The van der Waals surface area contributed by atoms with Crippen molar-refractivity contribution in [1.29, 1.82) is 0 Å². The Balaban J connectivity index is 1.61. The van der Waals surface area contributed by atoms with E-state index >= 15 is 0 Å². The van der Waals surface area contributed by atoms with Gasteiger partial charge in [-0.1, -0.05) is 10.3 Å². The molecule has 9 nitrogen and oxygen atoms in total. The average Bonchev–Trinajstić information content (AvgIpc) is 2.97. The topological polar surface area (TPSA) is 115 Å². The Labute approximate surface area is 169 Å². The van der Waals surface area contributed by atoms with Gasteiger partial charge in [-0.2, -0.15) is 0 Å². The molecular formula is C19H20N6O3S. The molecule has 3 aromatic rings. The highest BCUT2D eigenvalue weighted by atomic mass is 32.3. The van der Waals surface area contributed by atoms with Gasteiger partial charge in [0.25, 0.3) is 0 Å². The van der Waals surface area contributed by atoms with Crippen LogP contribution < -0.4 is 15.4 Å². The zero-order chi connectivity index (χ0) is 20.3. The van der Waals surface area contributed by atoms with E-state index in [1.165, 1.54) is 17.5 Å². The van der Waals surface area contributed by atoms with E-state index in [2.05, 4.69) is 25.6 Å². The lowest BCUT2D eigenvalue weighted by molar-refractivity contribution is 0.356. The quantitative estimate of drug-likeness (QED) is 0.614. The van der Waals surface area contributed by atoms with Crippen molar-refractivity contribution in [1.82, 2.24) is 19.3 Å². The summed E-state index contributed by atoms with van der Waals surface area (Å²) in [5, 5.41) is 6.27. The highest BCUT2D eigenvalue weighted by Gasteiger charge is 2.33. The van der Waals surface area contributed by atoms with Crippen LogP contribution >= 0.6 is 0 Å². The minimum absolute atomic E-state index is 0.131. The molecule has 1 aliphatic heterocycles. The number of rotatable bonds is 5. The maximum Gasteiger partial charge on any atom is 0.227 e. The summed E-state index contributed by atoms with van der Waals surface area (Å²) < 4.78 is 32.9. The molecule has 1 aromatic carbocycles. The predicted octanol–water partition coefficient (Wildman–Crippen LogP) is 2.46.